The number of fused-ring (bicyclic) bond motifs is 2. The highest BCUT2D eigenvalue weighted by molar-refractivity contribution is 7.89. The van der Waals surface area contributed by atoms with Gasteiger partial charge in [-0.05, 0) is 50.1 Å². The summed E-state index contributed by atoms with van der Waals surface area (Å²) in [5.74, 6) is 0.119. The summed E-state index contributed by atoms with van der Waals surface area (Å²) in [5.41, 5.74) is 4.27. The number of hydrogen-bond donors (Lipinski definition) is 0. The van der Waals surface area contributed by atoms with Gasteiger partial charge in [-0.25, -0.2) is 22.5 Å². The van der Waals surface area contributed by atoms with Gasteiger partial charge in [0.15, 0.2) is 0 Å². The van der Waals surface area contributed by atoms with Crippen molar-refractivity contribution in [1.82, 2.24) is 18.8 Å². The van der Waals surface area contributed by atoms with E-state index in [1.165, 1.54) is 18.4 Å². The highest BCUT2D eigenvalue weighted by atomic mass is 32.2. The van der Waals surface area contributed by atoms with E-state index < -0.39 is 16.0 Å². The highest BCUT2D eigenvalue weighted by Gasteiger charge is 2.22. The van der Waals surface area contributed by atoms with Crippen LogP contribution in [0, 0.1) is 6.92 Å². The summed E-state index contributed by atoms with van der Waals surface area (Å²) >= 11 is 0. The summed E-state index contributed by atoms with van der Waals surface area (Å²) in [6.07, 6.45) is 0.709. The van der Waals surface area contributed by atoms with Gasteiger partial charge in [-0.1, -0.05) is 25.1 Å². The van der Waals surface area contributed by atoms with Crippen LogP contribution in [0.25, 0.3) is 21.9 Å². The van der Waals surface area contributed by atoms with Crippen LogP contribution in [-0.4, -0.2) is 47.3 Å². The van der Waals surface area contributed by atoms with Crippen LogP contribution >= 0.6 is 0 Å². The number of hydrogen-bond acceptors (Lipinski definition) is 6. The Kier molecular flexibility index (Phi) is 6.42. The SMILES string of the molecule is CCc1nc2ccccc2c(C(=O)OCc2nc3cc(S(=O)(=O)N(C)C)ccc3n2CC)c1C. The molecule has 0 atom stereocenters. The Morgan fingerprint density at radius 3 is 2.47 bits per heavy atom. The fraction of sp³-hybridized carbons (Fsp3) is 0.320. The number of ether oxygens (including phenoxy) is 1. The Morgan fingerprint density at radius 1 is 1.06 bits per heavy atom. The van der Waals surface area contributed by atoms with E-state index in [9.17, 15) is 13.2 Å². The zero-order chi connectivity index (χ0) is 24.6. The number of carbonyl (C=O) groups excluding carboxylic acids is 1. The van der Waals surface area contributed by atoms with Gasteiger partial charge in [-0.2, -0.15) is 0 Å². The molecule has 0 saturated heterocycles. The molecule has 0 unspecified atom stereocenters. The first-order valence-electron chi connectivity index (χ1n) is 11.2. The maximum Gasteiger partial charge on any atom is 0.339 e. The number of aromatic nitrogens is 3. The monoisotopic (exact) mass is 480 g/mol. The summed E-state index contributed by atoms with van der Waals surface area (Å²) in [7, 11) is -0.600. The quantitative estimate of drug-likeness (QED) is 0.370. The van der Waals surface area contributed by atoms with Crippen molar-refractivity contribution >= 4 is 37.9 Å². The number of esters is 1. The van der Waals surface area contributed by atoms with E-state index in [4.69, 9.17) is 4.74 Å². The van der Waals surface area contributed by atoms with Gasteiger partial charge in [-0.15, -0.1) is 0 Å². The summed E-state index contributed by atoms with van der Waals surface area (Å²) < 4.78 is 33.9. The number of rotatable bonds is 7. The molecular weight excluding hydrogens is 452 g/mol. The Bertz CT molecular complexity index is 1510. The van der Waals surface area contributed by atoms with E-state index in [0.29, 0.717) is 29.9 Å². The Labute approximate surface area is 199 Å². The molecule has 0 aliphatic rings. The maximum absolute atomic E-state index is 13.2. The standard InChI is InChI=1S/C25H28N4O4S/c1-6-19-16(3)24(18-10-8-9-11-20(18)26-19)25(30)33-15-23-27-21-14-17(34(31,32)28(4)5)12-13-22(21)29(23)7-2/h8-14H,6-7,15H2,1-5H3. The number of sulfonamides is 1. The second-order valence-electron chi connectivity index (χ2n) is 8.22. The number of carbonyl (C=O) groups is 1. The number of imidazole rings is 1. The van der Waals surface area contributed by atoms with Crippen molar-refractivity contribution < 1.29 is 17.9 Å². The first kappa shape index (κ1) is 23.8. The Morgan fingerprint density at radius 2 is 1.79 bits per heavy atom. The number of para-hydroxylation sites is 1. The molecule has 8 nitrogen and oxygen atoms in total. The normalized spacial score (nSPS) is 12.1. The van der Waals surface area contributed by atoms with Gasteiger partial charge in [0.2, 0.25) is 10.0 Å². The predicted molar refractivity (Wildman–Crippen MR) is 131 cm³/mol. The molecule has 4 aromatic rings. The average Bonchev–Trinajstić information content (AvgIpc) is 3.18. The van der Waals surface area contributed by atoms with E-state index in [0.717, 1.165) is 27.7 Å². The van der Waals surface area contributed by atoms with Gasteiger partial charge in [0.05, 0.1) is 27.0 Å². The Balaban J connectivity index is 1.69. The maximum atomic E-state index is 13.2. The zero-order valence-corrected chi connectivity index (χ0v) is 20.8. The van der Waals surface area contributed by atoms with E-state index in [2.05, 4.69) is 9.97 Å². The summed E-state index contributed by atoms with van der Waals surface area (Å²) in [6.45, 7) is 6.43. The molecule has 0 fully saturated rings. The molecule has 0 spiro atoms. The van der Waals surface area contributed by atoms with Crippen molar-refractivity contribution in [3.8, 4) is 0 Å². The number of aryl methyl sites for hydroxylation is 2. The first-order chi connectivity index (χ1) is 16.2. The van der Waals surface area contributed by atoms with Gasteiger partial charge < -0.3 is 9.30 Å². The van der Waals surface area contributed by atoms with E-state index in [-0.39, 0.29) is 11.5 Å². The van der Waals surface area contributed by atoms with Crippen LogP contribution in [0.5, 0.6) is 0 Å². The third-order valence-corrected chi connectivity index (χ3v) is 7.81. The molecule has 0 saturated carbocycles. The summed E-state index contributed by atoms with van der Waals surface area (Å²) in [5, 5.41) is 0.754. The van der Waals surface area contributed by atoms with Crippen LogP contribution in [0.15, 0.2) is 47.4 Å². The fourth-order valence-electron chi connectivity index (χ4n) is 4.16. The molecule has 0 N–H and O–H groups in total. The lowest BCUT2D eigenvalue weighted by molar-refractivity contribution is 0.0460. The second-order valence-corrected chi connectivity index (χ2v) is 10.4. The van der Waals surface area contributed by atoms with Crippen LogP contribution in [0.4, 0.5) is 0 Å². The minimum Gasteiger partial charge on any atom is -0.454 e. The molecule has 2 heterocycles. The third-order valence-electron chi connectivity index (χ3n) is 6.00. The molecule has 0 aliphatic heterocycles. The lowest BCUT2D eigenvalue weighted by Crippen LogP contribution is -2.22. The molecule has 4 rings (SSSR count). The van der Waals surface area contributed by atoms with Crippen LogP contribution < -0.4 is 0 Å². The second kappa shape index (κ2) is 9.15. The number of pyridine rings is 1. The summed E-state index contributed by atoms with van der Waals surface area (Å²) in [4.78, 5) is 22.7. The van der Waals surface area contributed by atoms with Crippen molar-refractivity contribution in [1.29, 1.82) is 0 Å². The lowest BCUT2D eigenvalue weighted by atomic mass is 10.0. The molecule has 2 aromatic carbocycles. The number of benzene rings is 2. The smallest absolute Gasteiger partial charge is 0.339 e. The molecule has 0 aliphatic carbocycles. The lowest BCUT2D eigenvalue weighted by Gasteiger charge is -2.13. The molecule has 9 heteroatoms. The minimum absolute atomic E-state index is 0.0331. The van der Waals surface area contributed by atoms with Crippen LogP contribution in [0.3, 0.4) is 0 Å². The van der Waals surface area contributed by atoms with Gasteiger partial charge in [-0.3, -0.25) is 4.98 Å². The van der Waals surface area contributed by atoms with E-state index in [1.54, 1.807) is 18.2 Å². The Hall–Kier alpha value is -3.30. The molecule has 0 radical (unpaired) electrons. The van der Waals surface area contributed by atoms with Crippen LogP contribution in [0.2, 0.25) is 0 Å². The molecule has 0 bridgehead atoms. The predicted octanol–water partition coefficient (Wildman–Crippen LogP) is 4.08. The van der Waals surface area contributed by atoms with Crippen molar-refractivity contribution in [2.75, 3.05) is 14.1 Å². The van der Waals surface area contributed by atoms with Gasteiger partial charge >= 0.3 is 5.97 Å². The average molecular weight is 481 g/mol. The fourth-order valence-corrected chi connectivity index (χ4v) is 5.08. The molecule has 2 aromatic heterocycles. The largest absolute Gasteiger partial charge is 0.454 e. The molecule has 34 heavy (non-hydrogen) atoms. The summed E-state index contributed by atoms with van der Waals surface area (Å²) in [6, 6.07) is 12.4. The van der Waals surface area contributed by atoms with Crippen LogP contribution in [0.1, 0.15) is 41.3 Å². The minimum atomic E-state index is -3.58. The van der Waals surface area contributed by atoms with E-state index in [1.807, 2.05) is 49.6 Å². The van der Waals surface area contributed by atoms with Gasteiger partial charge in [0.1, 0.15) is 12.4 Å². The molecule has 0 amide bonds. The van der Waals surface area contributed by atoms with Crippen LogP contribution in [-0.2, 0) is 34.3 Å². The number of nitrogens with zero attached hydrogens (tertiary/aromatic N) is 4. The van der Waals surface area contributed by atoms with Crippen molar-refractivity contribution in [3.63, 3.8) is 0 Å². The van der Waals surface area contributed by atoms with Gasteiger partial charge in [0.25, 0.3) is 0 Å². The highest BCUT2D eigenvalue weighted by Crippen LogP contribution is 2.26. The zero-order valence-electron chi connectivity index (χ0n) is 20.0. The first-order valence-corrected chi connectivity index (χ1v) is 12.6. The third kappa shape index (κ3) is 4.05. The molecule has 178 valence electrons. The van der Waals surface area contributed by atoms with Crippen molar-refractivity contribution in [2.24, 2.45) is 0 Å². The van der Waals surface area contributed by atoms with E-state index >= 15 is 0 Å². The molecular formula is C25H28N4O4S. The van der Waals surface area contributed by atoms with Crippen molar-refractivity contribution in [3.05, 3.63) is 65.1 Å². The van der Waals surface area contributed by atoms with Gasteiger partial charge in [0, 0.05) is 31.7 Å². The topological polar surface area (TPSA) is 94.4 Å². The van der Waals surface area contributed by atoms with Crippen molar-refractivity contribution in [2.45, 2.75) is 45.2 Å².